The van der Waals surface area contributed by atoms with Gasteiger partial charge in [-0.05, 0) is 38.5 Å². The Bertz CT molecular complexity index is 138. The number of unbranched alkanes of at least 4 members (excludes halogenated alkanes) is 1. The van der Waals surface area contributed by atoms with Crippen LogP contribution in [0.2, 0.25) is 0 Å². The Morgan fingerprint density at radius 3 is 2.75 bits per heavy atom. The maximum Gasteiger partial charge on any atom is 0.0758 e. The van der Waals surface area contributed by atoms with Crippen molar-refractivity contribution in [1.29, 1.82) is 0 Å². The van der Waals surface area contributed by atoms with Crippen molar-refractivity contribution in [3.8, 4) is 0 Å². The summed E-state index contributed by atoms with van der Waals surface area (Å²) < 4.78 is 0. The second kappa shape index (κ2) is 4.49. The van der Waals surface area contributed by atoms with Crippen LogP contribution >= 0.6 is 12.6 Å². The summed E-state index contributed by atoms with van der Waals surface area (Å²) >= 11 is 4.16. The van der Waals surface area contributed by atoms with Gasteiger partial charge in [0.2, 0.25) is 0 Å². The molecular formula is C9H19NOS. The van der Waals surface area contributed by atoms with Crippen LogP contribution in [-0.4, -0.2) is 41.0 Å². The van der Waals surface area contributed by atoms with E-state index in [-0.39, 0.29) is 0 Å². The molecule has 0 aromatic carbocycles. The van der Waals surface area contributed by atoms with Crippen LogP contribution in [0.5, 0.6) is 0 Å². The highest BCUT2D eigenvalue weighted by Crippen LogP contribution is 2.20. The van der Waals surface area contributed by atoms with Crippen LogP contribution in [0.25, 0.3) is 0 Å². The van der Waals surface area contributed by atoms with Gasteiger partial charge in [-0.25, -0.2) is 0 Å². The van der Waals surface area contributed by atoms with Crippen LogP contribution < -0.4 is 0 Å². The van der Waals surface area contributed by atoms with Gasteiger partial charge in [-0.3, -0.25) is 0 Å². The van der Waals surface area contributed by atoms with Crippen molar-refractivity contribution in [1.82, 2.24) is 4.90 Å². The van der Waals surface area contributed by atoms with Crippen molar-refractivity contribution in [2.75, 3.05) is 25.4 Å². The third-order valence-electron chi connectivity index (χ3n) is 2.41. The maximum absolute atomic E-state index is 9.66. The van der Waals surface area contributed by atoms with E-state index in [9.17, 15) is 5.11 Å². The summed E-state index contributed by atoms with van der Waals surface area (Å²) in [6, 6.07) is 0. The van der Waals surface area contributed by atoms with E-state index in [4.69, 9.17) is 0 Å². The van der Waals surface area contributed by atoms with E-state index < -0.39 is 5.60 Å². The molecule has 0 aromatic rings. The van der Waals surface area contributed by atoms with Crippen molar-refractivity contribution < 1.29 is 5.11 Å². The Morgan fingerprint density at radius 2 is 2.25 bits per heavy atom. The molecule has 1 atom stereocenters. The molecule has 0 radical (unpaired) electrons. The van der Waals surface area contributed by atoms with Gasteiger partial charge < -0.3 is 10.0 Å². The van der Waals surface area contributed by atoms with E-state index in [1.807, 2.05) is 6.92 Å². The lowest BCUT2D eigenvalue weighted by atomic mass is 10.1. The van der Waals surface area contributed by atoms with E-state index in [1.54, 1.807) is 0 Å². The monoisotopic (exact) mass is 189 g/mol. The first-order valence-corrected chi connectivity index (χ1v) is 5.33. The zero-order chi connectivity index (χ0) is 9.03. The van der Waals surface area contributed by atoms with Crippen LogP contribution in [0.15, 0.2) is 0 Å². The van der Waals surface area contributed by atoms with Gasteiger partial charge in [0.1, 0.15) is 0 Å². The summed E-state index contributed by atoms with van der Waals surface area (Å²) in [5.41, 5.74) is -0.430. The molecule has 1 N–H and O–H groups in total. The molecular weight excluding hydrogens is 170 g/mol. The average molecular weight is 189 g/mol. The van der Waals surface area contributed by atoms with Crippen LogP contribution in [0, 0.1) is 0 Å². The van der Waals surface area contributed by atoms with E-state index >= 15 is 0 Å². The molecule has 2 nitrogen and oxygen atoms in total. The molecule has 0 spiro atoms. The molecule has 0 aliphatic carbocycles. The summed E-state index contributed by atoms with van der Waals surface area (Å²) in [5.74, 6) is 0.976. The largest absolute Gasteiger partial charge is 0.389 e. The molecule has 0 aromatic heterocycles. The smallest absolute Gasteiger partial charge is 0.0758 e. The van der Waals surface area contributed by atoms with Gasteiger partial charge in [0.05, 0.1) is 5.60 Å². The number of β-amino-alcohol motifs (C(OH)–C–C–N with tert-alkyl or cyclic N) is 1. The van der Waals surface area contributed by atoms with E-state index in [2.05, 4.69) is 17.5 Å². The number of aliphatic hydroxyl groups is 1. The molecule has 1 saturated heterocycles. The molecule has 1 rings (SSSR count). The van der Waals surface area contributed by atoms with Crippen LogP contribution in [-0.2, 0) is 0 Å². The van der Waals surface area contributed by atoms with E-state index in [1.165, 1.54) is 12.8 Å². The molecule has 1 aliphatic rings. The molecule has 72 valence electrons. The molecule has 3 heteroatoms. The molecule has 0 amide bonds. The number of hydrogen-bond donors (Lipinski definition) is 2. The SMILES string of the molecule is CC1(O)CCN(CCCCS)C1. The van der Waals surface area contributed by atoms with Crippen molar-refractivity contribution in [2.24, 2.45) is 0 Å². The number of hydrogen-bond acceptors (Lipinski definition) is 3. The van der Waals surface area contributed by atoms with Crippen molar-refractivity contribution in [3.63, 3.8) is 0 Å². The Labute approximate surface area is 80.4 Å². The first-order valence-electron chi connectivity index (χ1n) is 4.70. The zero-order valence-electron chi connectivity index (χ0n) is 7.79. The first kappa shape index (κ1) is 10.4. The lowest BCUT2D eigenvalue weighted by molar-refractivity contribution is 0.0687. The fourth-order valence-corrected chi connectivity index (χ4v) is 1.90. The van der Waals surface area contributed by atoms with Crippen molar-refractivity contribution >= 4 is 12.6 Å². The summed E-state index contributed by atoms with van der Waals surface area (Å²) in [7, 11) is 0. The van der Waals surface area contributed by atoms with Crippen LogP contribution in [0.4, 0.5) is 0 Å². The lowest BCUT2D eigenvalue weighted by Gasteiger charge is -2.18. The summed E-state index contributed by atoms with van der Waals surface area (Å²) in [6.45, 7) is 4.95. The van der Waals surface area contributed by atoms with Gasteiger partial charge in [0.25, 0.3) is 0 Å². The maximum atomic E-state index is 9.66. The Hall–Kier alpha value is 0.270. The minimum absolute atomic E-state index is 0.430. The van der Waals surface area contributed by atoms with Gasteiger partial charge >= 0.3 is 0 Å². The third kappa shape index (κ3) is 3.33. The first-order chi connectivity index (χ1) is 5.64. The second-order valence-electron chi connectivity index (χ2n) is 3.95. The van der Waals surface area contributed by atoms with E-state index in [0.29, 0.717) is 0 Å². The minimum atomic E-state index is -0.430. The predicted molar refractivity (Wildman–Crippen MR) is 54.8 cm³/mol. The standard InChI is InChI=1S/C9H19NOS/c1-9(11)4-6-10(8-9)5-2-3-7-12/h11-12H,2-8H2,1H3. The average Bonchev–Trinajstić information content (AvgIpc) is 2.31. The second-order valence-corrected chi connectivity index (χ2v) is 4.40. The molecule has 1 fully saturated rings. The van der Waals surface area contributed by atoms with Gasteiger partial charge in [0.15, 0.2) is 0 Å². The topological polar surface area (TPSA) is 23.5 Å². The molecule has 1 aliphatic heterocycles. The summed E-state index contributed by atoms with van der Waals surface area (Å²) in [6.07, 6.45) is 3.31. The van der Waals surface area contributed by atoms with Gasteiger partial charge in [-0.1, -0.05) is 0 Å². The Kier molecular flexibility index (Phi) is 3.87. The predicted octanol–water partition coefficient (Wildman–Crippen LogP) is 1.15. The molecule has 0 bridgehead atoms. The number of likely N-dealkylation sites (tertiary alicyclic amines) is 1. The highest BCUT2D eigenvalue weighted by Gasteiger charge is 2.30. The summed E-state index contributed by atoms with van der Waals surface area (Å²) in [5, 5.41) is 9.66. The van der Waals surface area contributed by atoms with Gasteiger partial charge in [-0.15, -0.1) is 0 Å². The van der Waals surface area contributed by atoms with Crippen LogP contribution in [0.1, 0.15) is 26.2 Å². The van der Waals surface area contributed by atoms with Gasteiger partial charge in [-0.2, -0.15) is 12.6 Å². The third-order valence-corrected chi connectivity index (χ3v) is 2.73. The molecule has 0 saturated carbocycles. The number of rotatable bonds is 4. The molecule has 1 unspecified atom stereocenters. The van der Waals surface area contributed by atoms with Crippen LogP contribution in [0.3, 0.4) is 0 Å². The van der Waals surface area contributed by atoms with E-state index in [0.717, 1.165) is 31.8 Å². The Balaban J connectivity index is 2.11. The zero-order valence-corrected chi connectivity index (χ0v) is 8.69. The summed E-state index contributed by atoms with van der Waals surface area (Å²) in [4.78, 5) is 2.34. The normalized spacial score (nSPS) is 31.2. The molecule has 12 heavy (non-hydrogen) atoms. The number of nitrogens with zero attached hydrogens (tertiary/aromatic N) is 1. The van der Waals surface area contributed by atoms with Crippen molar-refractivity contribution in [2.45, 2.75) is 31.8 Å². The minimum Gasteiger partial charge on any atom is -0.389 e. The highest BCUT2D eigenvalue weighted by atomic mass is 32.1. The van der Waals surface area contributed by atoms with Gasteiger partial charge in [0, 0.05) is 13.1 Å². The quantitative estimate of drug-likeness (QED) is 0.512. The van der Waals surface area contributed by atoms with Crippen molar-refractivity contribution in [3.05, 3.63) is 0 Å². The fraction of sp³-hybridized carbons (Fsp3) is 1.00. The fourth-order valence-electron chi connectivity index (χ4n) is 1.68. The Morgan fingerprint density at radius 1 is 1.50 bits per heavy atom. The number of thiol groups is 1. The highest BCUT2D eigenvalue weighted by molar-refractivity contribution is 7.80. The lowest BCUT2D eigenvalue weighted by Crippen LogP contribution is -2.30. The molecule has 1 heterocycles.